The number of nitrogens with zero attached hydrogens (tertiary/aromatic N) is 2. The molecule has 0 radical (unpaired) electrons. The molecular weight excluding hydrogens is 294 g/mol. The monoisotopic (exact) mass is 325 g/mol. The van der Waals surface area contributed by atoms with Crippen LogP contribution in [0.25, 0.3) is 0 Å². The van der Waals surface area contributed by atoms with Gasteiger partial charge in [0.25, 0.3) is 0 Å². The predicted molar refractivity (Wildman–Crippen MR) is 88.3 cm³/mol. The first-order chi connectivity index (χ1) is 11.1. The standard InChI is InChI=1S/C17H31N3O3/c1-14(11-17(2)22-9-10-23-17)12-18-16(21)20-8-5-15(13-20)19-6-3-4-7-19/h14-15H,3-13H2,1-2H3,(H,18,21). The second-order valence-corrected chi connectivity index (χ2v) is 7.46. The smallest absolute Gasteiger partial charge is 0.317 e. The fourth-order valence-corrected chi connectivity index (χ4v) is 4.08. The van der Waals surface area contributed by atoms with Crippen LogP contribution in [0.4, 0.5) is 4.79 Å². The molecule has 6 nitrogen and oxygen atoms in total. The highest BCUT2D eigenvalue weighted by molar-refractivity contribution is 5.74. The highest BCUT2D eigenvalue weighted by Gasteiger charge is 2.34. The molecule has 0 saturated carbocycles. The van der Waals surface area contributed by atoms with Crippen LogP contribution in [0.5, 0.6) is 0 Å². The van der Waals surface area contributed by atoms with Gasteiger partial charge in [-0.1, -0.05) is 6.92 Å². The lowest BCUT2D eigenvalue weighted by Crippen LogP contribution is -2.43. The number of nitrogens with one attached hydrogen (secondary N) is 1. The number of likely N-dealkylation sites (tertiary alicyclic amines) is 2. The van der Waals surface area contributed by atoms with E-state index >= 15 is 0 Å². The van der Waals surface area contributed by atoms with Crippen molar-refractivity contribution in [3.05, 3.63) is 0 Å². The molecule has 3 rings (SSSR count). The summed E-state index contributed by atoms with van der Waals surface area (Å²) in [5.74, 6) is -0.141. The molecule has 2 unspecified atom stereocenters. The molecule has 0 bridgehead atoms. The average molecular weight is 325 g/mol. The Bertz CT molecular complexity index is 406. The number of hydrogen-bond acceptors (Lipinski definition) is 4. The minimum atomic E-state index is -0.474. The average Bonchev–Trinajstić information content (AvgIpc) is 3.25. The highest BCUT2D eigenvalue weighted by Crippen LogP contribution is 2.26. The molecule has 3 aliphatic heterocycles. The van der Waals surface area contributed by atoms with Gasteiger partial charge in [0, 0.05) is 32.1 Å². The molecule has 23 heavy (non-hydrogen) atoms. The van der Waals surface area contributed by atoms with Gasteiger partial charge >= 0.3 is 6.03 Å². The van der Waals surface area contributed by atoms with Crippen molar-refractivity contribution in [1.29, 1.82) is 0 Å². The zero-order chi connectivity index (χ0) is 16.3. The topological polar surface area (TPSA) is 54.0 Å². The molecule has 6 heteroatoms. The summed E-state index contributed by atoms with van der Waals surface area (Å²) in [7, 11) is 0. The van der Waals surface area contributed by atoms with Crippen LogP contribution >= 0.6 is 0 Å². The molecule has 2 amide bonds. The third-order valence-electron chi connectivity index (χ3n) is 5.33. The lowest BCUT2D eigenvalue weighted by atomic mass is 10.0. The van der Waals surface area contributed by atoms with Crippen LogP contribution in [0.1, 0.15) is 39.5 Å². The summed E-state index contributed by atoms with van der Waals surface area (Å²) in [5.41, 5.74) is 0. The molecule has 0 aromatic carbocycles. The van der Waals surface area contributed by atoms with Gasteiger partial charge in [-0.25, -0.2) is 4.79 Å². The quantitative estimate of drug-likeness (QED) is 0.835. The zero-order valence-corrected chi connectivity index (χ0v) is 14.6. The van der Waals surface area contributed by atoms with E-state index in [1.807, 2.05) is 11.8 Å². The maximum absolute atomic E-state index is 12.4. The van der Waals surface area contributed by atoms with Gasteiger partial charge in [0.05, 0.1) is 13.2 Å². The van der Waals surface area contributed by atoms with Crippen molar-refractivity contribution in [1.82, 2.24) is 15.1 Å². The summed E-state index contributed by atoms with van der Waals surface area (Å²) in [6.45, 7) is 10.3. The summed E-state index contributed by atoms with van der Waals surface area (Å²) in [6.07, 6.45) is 4.54. The van der Waals surface area contributed by atoms with Gasteiger partial charge in [0.2, 0.25) is 0 Å². The Hall–Kier alpha value is -0.850. The summed E-state index contributed by atoms with van der Waals surface area (Å²) in [5, 5.41) is 3.08. The van der Waals surface area contributed by atoms with Crippen molar-refractivity contribution in [3.8, 4) is 0 Å². The molecule has 0 aromatic rings. The Labute approximate surface area is 139 Å². The summed E-state index contributed by atoms with van der Waals surface area (Å²) in [4.78, 5) is 16.9. The van der Waals surface area contributed by atoms with Crippen LogP contribution in [0, 0.1) is 5.92 Å². The predicted octanol–water partition coefficient (Wildman–Crippen LogP) is 1.66. The van der Waals surface area contributed by atoms with E-state index in [1.54, 1.807) is 0 Å². The summed E-state index contributed by atoms with van der Waals surface area (Å²) >= 11 is 0. The van der Waals surface area contributed by atoms with Crippen LogP contribution in [-0.4, -0.2) is 73.6 Å². The lowest BCUT2D eigenvalue weighted by Gasteiger charge is -2.27. The van der Waals surface area contributed by atoms with E-state index in [2.05, 4.69) is 17.1 Å². The number of urea groups is 1. The molecule has 3 aliphatic rings. The van der Waals surface area contributed by atoms with Gasteiger partial charge < -0.3 is 19.7 Å². The van der Waals surface area contributed by atoms with Crippen LogP contribution < -0.4 is 5.32 Å². The molecule has 0 aromatic heterocycles. The minimum Gasteiger partial charge on any atom is -0.348 e. The van der Waals surface area contributed by atoms with Gasteiger partial charge in [-0.3, -0.25) is 4.90 Å². The molecule has 0 aliphatic carbocycles. The first kappa shape index (κ1) is 17.0. The Morgan fingerprint density at radius 1 is 1.26 bits per heavy atom. The Morgan fingerprint density at radius 2 is 1.96 bits per heavy atom. The van der Waals surface area contributed by atoms with Crippen LogP contribution in [-0.2, 0) is 9.47 Å². The first-order valence-electron chi connectivity index (χ1n) is 9.10. The maximum Gasteiger partial charge on any atom is 0.317 e. The summed E-state index contributed by atoms with van der Waals surface area (Å²) in [6, 6.07) is 0.650. The van der Waals surface area contributed by atoms with E-state index in [9.17, 15) is 4.79 Å². The molecule has 0 spiro atoms. The van der Waals surface area contributed by atoms with Gasteiger partial charge in [-0.05, 0) is 45.2 Å². The number of ether oxygens (including phenoxy) is 2. The van der Waals surface area contributed by atoms with Gasteiger partial charge in [-0.15, -0.1) is 0 Å². The van der Waals surface area contributed by atoms with Crippen LogP contribution in [0.15, 0.2) is 0 Å². The van der Waals surface area contributed by atoms with E-state index < -0.39 is 5.79 Å². The van der Waals surface area contributed by atoms with Crippen molar-refractivity contribution in [2.45, 2.75) is 51.4 Å². The Balaban J connectivity index is 1.37. The van der Waals surface area contributed by atoms with Gasteiger partial charge in [0.1, 0.15) is 0 Å². The second kappa shape index (κ2) is 7.36. The number of hydrogen-bond donors (Lipinski definition) is 1. The van der Waals surface area contributed by atoms with Crippen LogP contribution in [0.3, 0.4) is 0 Å². The van der Waals surface area contributed by atoms with Crippen molar-refractivity contribution < 1.29 is 14.3 Å². The lowest BCUT2D eigenvalue weighted by molar-refractivity contribution is -0.153. The van der Waals surface area contributed by atoms with Gasteiger partial charge in [0.15, 0.2) is 5.79 Å². The number of carbonyl (C=O) groups excluding carboxylic acids is 1. The normalized spacial score (nSPS) is 29.1. The van der Waals surface area contributed by atoms with Crippen molar-refractivity contribution >= 4 is 6.03 Å². The van der Waals surface area contributed by atoms with E-state index in [1.165, 1.54) is 25.9 Å². The molecule has 2 atom stereocenters. The van der Waals surface area contributed by atoms with Crippen molar-refractivity contribution in [2.24, 2.45) is 5.92 Å². The molecule has 3 saturated heterocycles. The Morgan fingerprint density at radius 3 is 2.65 bits per heavy atom. The number of amides is 2. The molecule has 1 N–H and O–H groups in total. The van der Waals surface area contributed by atoms with Crippen molar-refractivity contribution in [2.75, 3.05) is 45.9 Å². The van der Waals surface area contributed by atoms with Crippen LogP contribution in [0.2, 0.25) is 0 Å². The summed E-state index contributed by atoms with van der Waals surface area (Å²) < 4.78 is 11.3. The fourth-order valence-electron chi connectivity index (χ4n) is 4.08. The van der Waals surface area contributed by atoms with E-state index in [-0.39, 0.29) is 6.03 Å². The molecule has 132 valence electrons. The third kappa shape index (κ3) is 4.37. The number of carbonyl (C=O) groups is 1. The third-order valence-corrected chi connectivity index (χ3v) is 5.33. The minimum absolute atomic E-state index is 0.0805. The molecule has 3 heterocycles. The maximum atomic E-state index is 12.4. The fraction of sp³-hybridized carbons (Fsp3) is 0.941. The largest absolute Gasteiger partial charge is 0.348 e. The second-order valence-electron chi connectivity index (χ2n) is 7.46. The zero-order valence-electron chi connectivity index (χ0n) is 14.6. The SMILES string of the molecule is CC(CNC(=O)N1CCC(N2CCCC2)C1)CC1(C)OCCO1. The van der Waals surface area contributed by atoms with Gasteiger partial charge in [-0.2, -0.15) is 0 Å². The Kier molecular flexibility index (Phi) is 5.44. The molecular formula is C17H31N3O3. The highest BCUT2D eigenvalue weighted by atomic mass is 16.7. The van der Waals surface area contributed by atoms with Crippen molar-refractivity contribution in [3.63, 3.8) is 0 Å². The van der Waals surface area contributed by atoms with E-state index in [0.29, 0.717) is 31.7 Å². The molecule has 3 fully saturated rings. The van der Waals surface area contributed by atoms with E-state index in [4.69, 9.17) is 9.47 Å². The van der Waals surface area contributed by atoms with E-state index in [0.717, 1.165) is 25.9 Å². The first-order valence-corrected chi connectivity index (χ1v) is 9.10. The number of rotatable bonds is 5.